The van der Waals surface area contributed by atoms with Gasteiger partial charge in [-0.15, -0.1) is 23.2 Å². The Hall–Kier alpha value is -12.1. The van der Waals surface area contributed by atoms with E-state index in [9.17, 15) is 26.9 Å². The number of rotatable bonds is 23. The minimum Gasteiger partial charge on any atom is -0.497 e. The van der Waals surface area contributed by atoms with Gasteiger partial charge in [0.1, 0.15) is 56.5 Å². The Kier molecular flexibility index (Phi) is 38.2. The lowest BCUT2D eigenvalue weighted by Crippen LogP contribution is -2.45. The number of benzene rings is 6. The normalized spacial score (nSPS) is 16.1. The van der Waals surface area contributed by atoms with Gasteiger partial charge >= 0.3 is 6.09 Å². The molecule has 3 N–H and O–H groups in total. The molecule has 6 aromatic heterocycles. The number of alkyl halides is 2. The monoisotopic (exact) mass is 2010 g/mol. The van der Waals surface area contributed by atoms with Crippen LogP contribution in [0.2, 0.25) is 10.3 Å². The van der Waals surface area contributed by atoms with Crippen molar-refractivity contribution in [3.05, 3.63) is 322 Å². The van der Waals surface area contributed by atoms with Crippen LogP contribution in [0, 0.1) is 22.7 Å². The standard InChI is InChI=1S/C20H25N3O3S.C19H20ClN3O.C19H23N3O.C17H13N3O2.C12H17Cl2NO.C12H17N3O2S.C7H5ClN2/c1-26-17-7-5-16(6-8-17)14-22-12-9-20(10-13-22)15-23(27(2,24)25)19-18(20)4-3-11-21-19;1-24-16-6-4-15(5-7-16)13-23-11-8-19(14-21,9-12-23)17-3-2-10-22-18(17)20;1-23-16-6-4-15(5-7-16)13-22-11-8-19(9-12-22)14-21-18-17(19)3-2-10-20-18;21-17(22-14-9-5-2-6-10-14)20-16-12-18-15(11-19-16)13-7-3-1-4-8-13;1-16-12-4-2-11(3-5-12)10-15(8-6-13)9-7-14;1-18(16,17)15-9-12(4-7-13-8-5-12)10-3-2-6-14-11(10)15;8-7-6(3-4-9)2-1-5-10-7/h3-8,11H,9-10,12-15H2,1-2H3;2-7,10H,8-9,11-13H2,1H3;2-7,10H,8-9,11-14H2,1H3,(H,20,21);1-12H,(H,19,20,21);2-5H,6-10H2,1H3;2-3,6,13H,4-5,7-9H2,1H3;1-2,5H,3H2. The highest BCUT2D eigenvalue weighted by Crippen LogP contribution is 2.49. The summed E-state index contributed by atoms with van der Waals surface area (Å²) in [6, 6.07) is 75.3. The van der Waals surface area contributed by atoms with Crippen molar-refractivity contribution in [2.45, 2.75) is 106 Å². The van der Waals surface area contributed by atoms with Crippen molar-refractivity contribution >= 4 is 95.8 Å². The highest BCUT2D eigenvalue weighted by Gasteiger charge is 2.50. The van der Waals surface area contributed by atoms with Gasteiger partial charge in [0, 0.05) is 164 Å². The predicted octanol–water partition coefficient (Wildman–Crippen LogP) is 18.3. The summed E-state index contributed by atoms with van der Waals surface area (Å²) in [6.45, 7) is 15.3. The summed E-state index contributed by atoms with van der Waals surface area (Å²) < 4.78 is 77.1. The summed E-state index contributed by atoms with van der Waals surface area (Å²) in [5.41, 5.74) is 11.7. The number of sulfonamides is 2. The minimum atomic E-state index is -3.31. The first kappa shape index (κ1) is 105. The van der Waals surface area contributed by atoms with E-state index in [0.29, 0.717) is 70.2 Å². The summed E-state index contributed by atoms with van der Waals surface area (Å²) in [5, 5.41) is 28.3. The lowest BCUT2D eigenvalue weighted by molar-refractivity contribution is 0.161. The number of aromatic nitrogens is 7. The number of para-hydroxylation sites is 1. The Labute approximate surface area is 842 Å². The van der Waals surface area contributed by atoms with Gasteiger partial charge < -0.3 is 34.3 Å². The third-order valence-electron chi connectivity index (χ3n) is 26.3. The molecule has 0 aliphatic carbocycles. The van der Waals surface area contributed by atoms with Gasteiger partial charge in [-0.05, 0) is 204 Å². The fraction of sp³-hybridized carbons (Fsp3) is 0.358. The average Bonchev–Trinajstić information content (AvgIpc) is 1.59. The number of hydrogen-bond donors (Lipinski definition) is 3. The van der Waals surface area contributed by atoms with Crippen molar-refractivity contribution < 1.29 is 45.3 Å². The fourth-order valence-electron chi connectivity index (χ4n) is 18.5. The Morgan fingerprint density at radius 1 is 0.457 bits per heavy atom. The van der Waals surface area contributed by atoms with Crippen molar-refractivity contribution in [2.75, 3.05) is 157 Å². The molecule has 28 nitrogen and oxygen atoms in total. The van der Waals surface area contributed by atoms with E-state index in [1.165, 1.54) is 68.0 Å². The molecular weight excluding hydrogens is 1890 g/mol. The second-order valence-corrected chi connectivity index (χ2v) is 40.6. The molecule has 4 fully saturated rings. The van der Waals surface area contributed by atoms with E-state index in [0.717, 1.165) is 199 Å². The van der Waals surface area contributed by atoms with Gasteiger partial charge in [-0.2, -0.15) is 10.5 Å². The molecule has 19 rings (SSSR count). The van der Waals surface area contributed by atoms with Crippen LogP contribution in [0.3, 0.4) is 0 Å². The predicted molar refractivity (Wildman–Crippen MR) is 554 cm³/mol. The highest BCUT2D eigenvalue weighted by molar-refractivity contribution is 7.92. The van der Waals surface area contributed by atoms with Crippen LogP contribution in [0.4, 0.5) is 28.1 Å². The summed E-state index contributed by atoms with van der Waals surface area (Å²) in [4.78, 5) is 50.9. The van der Waals surface area contributed by atoms with E-state index >= 15 is 0 Å². The van der Waals surface area contributed by atoms with Crippen molar-refractivity contribution in [1.29, 1.82) is 10.5 Å². The number of piperidine rings is 4. The summed E-state index contributed by atoms with van der Waals surface area (Å²) in [5.74, 6) is 7.94. The molecule has 12 aromatic rings. The van der Waals surface area contributed by atoms with Crippen molar-refractivity contribution in [2.24, 2.45) is 0 Å². The van der Waals surface area contributed by atoms with Gasteiger partial charge in [0.15, 0.2) is 5.82 Å². The van der Waals surface area contributed by atoms with E-state index in [1.807, 2.05) is 134 Å². The SMILES string of the molecule is COc1ccc(CN(CCCl)CCCl)cc1.COc1ccc(CN2CCC(C#N)(c3cccnc3Cl)CC2)cc1.COc1ccc(CN2CCC3(CC2)CN(S(C)(=O)=O)c2ncccc23)cc1.COc1ccc(CN2CCC3(CC2)CNc2ncccc23)cc1.CS(=O)(=O)N1CC2(CCNCC2)c2cccnc21.N#CCc1cccnc1Cl.O=C(Nc1cnc(-c2ccccc2)cn1)Oc1ccccc1. The smallest absolute Gasteiger partial charge is 0.418 e. The largest absolute Gasteiger partial charge is 0.497 e. The van der Waals surface area contributed by atoms with E-state index in [-0.39, 0.29) is 10.8 Å². The number of ether oxygens (including phenoxy) is 5. The third kappa shape index (κ3) is 28.4. The molecule has 7 aliphatic rings. The zero-order chi connectivity index (χ0) is 99.0. The number of nitriles is 2. The molecule has 734 valence electrons. The maximum atomic E-state index is 12.2. The molecule has 6 aromatic carbocycles. The van der Waals surface area contributed by atoms with E-state index in [2.05, 4.69) is 137 Å². The number of anilines is 4. The van der Waals surface area contributed by atoms with Gasteiger partial charge in [-0.25, -0.2) is 51.5 Å². The lowest BCUT2D eigenvalue weighted by Gasteiger charge is -2.39. The van der Waals surface area contributed by atoms with Crippen LogP contribution in [0.25, 0.3) is 11.3 Å². The highest BCUT2D eigenvalue weighted by atomic mass is 35.5. The number of amides is 1. The molecule has 3 spiro atoms. The third-order valence-corrected chi connectivity index (χ3v) is 29.5. The first-order chi connectivity index (χ1) is 67.8. The number of carbonyl (C=O) groups is 1. The molecule has 0 atom stereocenters. The van der Waals surface area contributed by atoms with Crippen LogP contribution < -0.4 is 48.2 Å². The van der Waals surface area contributed by atoms with Gasteiger partial charge in [0.25, 0.3) is 0 Å². The minimum absolute atomic E-state index is 0.0437. The molecule has 0 saturated carbocycles. The van der Waals surface area contributed by atoms with Gasteiger partial charge in [0.2, 0.25) is 20.0 Å². The number of hydrogen-bond acceptors (Lipinski definition) is 25. The summed E-state index contributed by atoms with van der Waals surface area (Å²) >= 11 is 23.4. The first-order valence-electron chi connectivity index (χ1n) is 46.5. The van der Waals surface area contributed by atoms with E-state index in [4.69, 9.17) is 75.3 Å². The zero-order valence-electron chi connectivity index (χ0n) is 79.7. The number of fused-ring (bicyclic) bond motifs is 6. The molecule has 0 bridgehead atoms. The topological polar surface area (TPSA) is 325 Å². The number of likely N-dealkylation sites (tertiary alicyclic amines) is 3. The van der Waals surface area contributed by atoms with Crippen LogP contribution in [-0.2, 0) is 74.3 Å². The molecule has 13 heterocycles. The second-order valence-electron chi connectivity index (χ2n) is 35.3. The Balaban J connectivity index is 0.000000140. The maximum absolute atomic E-state index is 12.2. The van der Waals surface area contributed by atoms with Crippen LogP contribution in [-0.4, -0.2) is 215 Å². The van der Waals surface area contributed by atoms with Gasteiger partial charge in [-0.1, -0.05) is 151 Å². The van der Waals surface area contributed by atoms with Crippen molar-refractivity contribution in [3.63, 3.8) is 0 Å². The van der Waals surface area contributed by atoms with Crippen LogP contribution >= 0.6 is 46.4 Å². The Morgan fingerprint density at radius 2 is 0.879 bits per heavy atom. The number of pyridine rings is 5. The average molecular weight is 2010 g/mol. The van der Waals surface area contributed by atoms with Gasteiger partial charge in [-0.3, -0.25) is 38.5 Å². The number of nitrogens with one attached hydrogen (secondary N) is 3. The molecule has 0 radical (unpaired) electrons. The van der Waals surface area contributed by atoms with Crippen LogP contribution in [0.1, 0.15) is 101 Å². The molecule has 7 aliphatic heterocycles. The number of carbonyl (C=O) groups excluding carboxylic acids is 1. The van der Waals surface area contributed by atoms with E-state index in [1.54, 1.807) is 95.8 Å². The Bertz CT molecular complexity index is 6280. The zero-order valence-corrected chi connectivity index (χ0v) is 84.4. The van der Waals surface area contributed by atoms with Crippen molar-refractivity contribution in [3.8, 4) is 52.1 Å². The number of nitrogens with zero attached hydrogens (tertiary/aromatic N) is 15. The van der Waals surface area contributed by atoms with Gasteiger partial charge in [0.05, 0.1) is 83.0 Å². The molecule has 140 heavy (non-hydrogen) atoms. The van der Waals surface area contributed by atoms with Crippen LogP contribution in [0.5, 0.6) is 28.7 Å². The first-order valence-corrected chi connectivity index (χ1v) is 52.1. The van der Waals surface area contributed by atoms with Crippen molar-refractivity contribution in [1.82, 2.24) is 59.8 Å². The maximum Gasteiger partial charge on any atom is 0.418 e. The molecule has 0 unspecified atom stereocenters. The number of halogens is 4. The van der Waals surface area contributed by atoms with Crippen LogP contribution in [0.15, 0.2) is 262 Å². The fourth-order valence-corrected chi connectivity index (χ4v) is 21.3. The Morgan fingerprint density at radius 3 is 1.31 bits per heavy atom. The molecular formula is C106H120Cl4N18O10S2. The number of methoxy groups -OCH3 is 4. The molecule has 4 saturated heterocycles. The quantitative estimate of drug-likeness (QED) is 0.0396. The molecule has 34 heteroatoms. The second kappa shape index (κ2) is 50.8. The summed E-state index contributed by atoms with van der Waals surface area (Å²) in [6.07, 6.45) is 21.6. The lowest BCUT2D eigenvalue weighted by atomic mass is 9.74. The summed E-state index contributed by atoms with van der Waals surface area (Å²) in [7, 11) is 0.168. The van der Waals surface area contributed by atoms with E-state index < -0.39 is 31.6 Å². The molecule has 1 amide bonds.